The highest BCUT2D eigenvalue weighted by molar-refractivity contribution is 5.79. The summed E-state index contributed by atoms with van der Waals surface area (Å²) >= 11 is 0. The molecular formula is C21H36N4O4. The van der Waals surface area contributed by atoms with Crippen molar-refractivity contribution in [2.75, 3.05) is 26.2 Å². The molecule has 0 saturated heterocycles. The quantitative estimate of drug-likeness (QED) is 0.284. The molecule has 0 spiro atoms. The van der Waals surface area contributed by atoms with E-state index < -0.39 is 17.8 Å². The molecule has 8 heteroatoms. The molecule has 0 heterocycles. The van der Waals surface area contributed by atoms with Gasteiger partial charge in [0.25, 0.3) is 0 Å². The minimum Gasteiger partial charge on any atom is -0.491 e. The normalized spacial score (nSPS) is 13.0. The second-order valence-corrected chi connectivity index (χ2v) is 7.83. The topological polar surface area (TPSA) is 104 Å². The lowest BCUT2D eigenvalue weighted by Crippen LogP contribution is -2.42. The smallest absolute Gasteiger partial charge is 0.407 e. The first-order valence-electron chi connectivity index (χ1n) is 10.0. The Labute approximate surface area is 174 Å². The molecule has 1 atom stereocenters. The van der Waals surface area contributed by atoms with E-state index in [1.165, 1.54) is 0 Å². The summed E-state index contributed by atoms with van der Waals surface area (Å²) in [6.07, 6.45) is -1.08. The highest BCUT2D eigenvalue weighted by Gasteiger charge is 2.15. The predicted octanol–water partition coefficient (Wildman–Crippen LogP) is 2.59. The molecule has 0 aromatic heterocycles. The van der Waals surface area contributed by atoms with Crippen LogP contribution in [0.3, 0.4) is 0 Å². The van der Waals surface area contributed by atoms with Crippen LogP contribution in [0.4, 0.5) is 4.79 Å². The molecule has 1 rings (SSSR count). The average molecular weight is 409 g/mol. The van der Waals surface area contributed by atoms with Crippen LogP contribution >= 0.6 is 0 Å². The van der Waals surface area contributed by atoms with Crippen LogP contribution in [0, 0.1) is 0 Å². The summed E-state index contributed by atoms with van der Waals surface area (Å²) in [6.45, 7) is 13.1. The van der Waals surface area contributed by atoms with Crippen LogP contribution < -0.4 is 20.7 Å². The molecule has 0 aliphatic carbocycles. The highest BCUT2D eigenvalue weighted by atomic mass is 16.6. The van der Waals surface area contributed by atoms with Gasteiger partial charge in [0.15, 0.2) is 5.96 Å². The van der Waals surface area contributed by atoms with E-state index in [9.17, 15) is 9.90 Å². The molecule has 0 fully saturated rings. The van der Waals surface area contributed by atoms with Crippen LogP contribution in [0.25, 0.3) is 0 Å². The largest absolute Gasteiger partial charge is 0.491 e. The molecule has 1 amide bonds. The van der Waals surface area contributed by atoms with Crippen molar-refractivity contribution in [1.29, 1.82) is 0 Å². The first kappa shape index (κ1) is 24.6. The number of nitrogens with one attached hydrogen (secondary N) is 3. The molecule has 1 aromatic carbocycles. The summed E-state index contributed by atoms with van der Waals surface area (Å²) in [7, 11) is 0. The molecule has 8 nitrogen and oxygen atoms in total. The number of nitrogens with zero attached hydrogens (tertiary/aromatic N) is 1. The fourth-order valence-electron chi connectivity index (χ4n) is 2.33. The molecule has 164 valence electrons. The summed E-state index contributed by atoms with van der Waals surface area (Å²) in [6, 6.07) is 7.36. The number of ether oxygens (including phenoxy) is 2. The zero-order valence-corrected chi connectivity index (χ0v) is 18.4. The second kappa shape index (κ2) is 12.2. The summed E-state index contributed by atoms with van der Waals surface area (Å²) in [4.78, 5) is 16.0. The van der Waals surface area contributed by atoms with E-state index in [1.54, 1.807) is 0 Å². The third-order valence-corrected chi connectivity index (χ3v) is 3.49. The van der Waals surface area contributed by atoms with Crippen molar-refractivity contribution < 1.29 is 19.4 Å². The Balaban J connectivity index is 2.48. The summed E-state index contributed by atoms with van der Waals surface area (Å²) < 4.78 is 10.8. The van der Waals surface area contributed by atoms with Crippen LogP contribution in [0.5, 0.6) is 5.75 Å². The highest BCUT2D eigenvalue weighted by Crippen LogP contribution is 2.19. The fraction of sp³-hybridized carbons (Fsp3) is 0.619. The van der Waals surface area contributed by atoms with Gasteiger partial charge in [-0.1, -0.05) is 12.1 Å². The van der Waals surface area contributed by atoms with Crippen molar-refractivity contribution in [2.45, 2.75) is 59.4 Å². The first-order chi connectivity index (χ1) is 13.6. The number of aliphatic hydroxyl groups is 1. The van der Waals surface area contributed by atoms with Crippen LogP contribution in [0.15, 0.2) is 29.3 Å². The predicted molar refractivity (Wildman–Crippen MR) is 115 cm³/mol. The van der Waals surface area contributed by atoms with Crippen LogP contribution in [-0.4, -0.2) is 55.0 Å². The zero-order valence-electron chi connectivity index (χ0n) is 18.4. The Bertz CT molecular complexity index is 639. The maximum atomic E-state index is 11.6. The SMILES string of the molecule is CCNC(=NCC(O)c1ccc(OC(C)C)cc1)NCCNC(=O)OC(C)(C)C. The number of aliphatic imine (C=N–C) groups is 1. The number of aliphatic hydroxyl groups excluding tert-OH is 1. The fourth-order valence-corrected chi connectivity index (χ4v) is 2.33. The number of hydrogen-bond acceptors (Lipinski definition) is 5. The second-order valence-electron chi connectivity index (χ2n) is 7.83. The molecule has 1 unspecified atom stereocenters. The van der Waals surface area contributed by atoms with Gasteiger partial charge in [0.1, 0.15) is 11.4 Å². The monoisotopic (exact) mass is 408 g/mol. The van der Waals surface area contributed by atoms with Gasteiger partial charge in [-0.3, -0.25) is 4.99 Å². The Morgan fingerprint density at radius 2 is 1.72 bits per heavy atom. The van der Waals surface area contributed by atoms with Gasteiger partial charge in [0.05, 0.1) is 18.8 Å². The molecule has 0 saturated carbocycles. The number of rotatable bonds is 9. The number of alkyl carbamates (subject to hydrolysis) is 1. The number of amides is 1. The van der Waals surface area contributed by atoms with E-state index in [2.05, 4.69) is 20.9 Å². The minimum atomic E-state index is -0.724. The first-order valence-corrected chi connectivity index (χ1v) is 10.0. The van der Waals surface area contributed by atoms with Crippen LogP contribution in [-0.2, 0) is 4.74 Å². The van der Waals surface area contributed by atoms with Gasteiger partial charge in [-0.05, 0) is 59.2 Å². The Morgan fingerprint density at radius 3 is 2.28 bits per heavy atom. The third kappa shape index (κ3) is 11.2. The Kier molecular flexibility index (Phi) is 10.3. The van der Waals surface area contributed by atoms with Gasteiger partial charge in [0.2, 0.25) is 0 Å². The summed E-state index contributed by atoms with van der Waals surface area (Å²) in [5.41, 5.74) is 0.246. The van der Waals surface area contributed by atoms with Crippen molar-refractivity contribution in [3.8, 4) is 5.75 Å². The van der Waals surface area contributed by atoms with Gasteiger partial charge < -0.3 is 30.5 Å². The number of hydrogen-bond donors (Lipinski definition) is 4. The van der Waals surface area contributed by atoms with E-state index >= 15 is 0 Å². The van der Waals surface area contributed by atoms with Crippen molar-refractivity contribution >= 4 is 12.1 Å². The van der Waals surface area contributed by atoms with Crippen LogP contribution in [0.2, 0.25) is 0 Å². The van der Waals surface area contributed by atoms with Crippen molar-refractivity contribution in [1.82, 2.24) is 16.0 Å². The van der Waals surface area contributed by atoms with E-state index in [0.29, 0.717) is 25.6 Å². The average Bonchev–Trinajstić information content (AvgIpc) is 2.61. The zero-order chi connectivity index (χ0) is 21.9. The molecular weight excluding hydrogens is 372 g/mol. The lowest BCUT2D eigenvalue weighted by Gasteiger charge is -2.20. The van der Waals surface area contributed by atoms with E-state index in [-0.39, 0.29) is 12.6 Å². The third-order valence-electron chi connectivity index (χ3n) is 3.49. The summed E-state index contributed by atoms with van der Waals surface area (Å²) in [5.74, 6) is 1.34. The maximum Gasteiger partial charge on any atom is 0.407 e. The standard InChI is InChI=1S/C21H36N4O4/c1-7-22-19(23-12-13-24-20(27)29-21(4,5)6)25-14-18(26)16-8-10-17(11-9-16)28-15(2)3/h8-11,15,18,26H,7,12-14H2,1-6H3,(H,24,27)(H2,22,23,25). The minimum absolute atomic E-state index is 0.105. The maximum absolute atomic E-state index is 11.6. The van der Waals surface area contributed by atoms with Gasteiger partial charge in [-0.15, -0.1) is 0 Å². The molecule has 0 radical (unpaired) electrons. The van der Waals surface area contributed by atoms with Gasteiger partial charge in [-0.25, -0.2) is 4.79 Å². The van der Waals surface area contributed by atoms with Crippen LogP contribution in [0.1, 0.15) is 53.2 Å². The molecule has 0 aliphatic rings. The molecule has 1 aromatic rings. The number of carbonyl (C=O) groups excluding carboxylic acids is 1. The van der Waals surface area contributed by atoms with E-state index in [1.807, 2.05) is 65.8 Å². The van der Waals surface area contributed by atoms with E-state index in [0.717, 1.165) is 11.3 Å². The number of benzene rings is 1. The molecule has 0 aliphatic heterocycles. The van der Waals surface area contributed by atoms with Crippen molar-refractivity contribution in [2.24, 2.45) is 4.99 Å². The summed E-state index contributed by atoms with van der Waals surface area (Å²) in [5, 5.41) is 19.3. The van der Waals surface area contributed by atoms with E-state index in [4.69, 9.17) is 9.47 Å². The Morgan fingerprint density at radius 1 is 1.10 bits per heavy atom. The van der Waals surface area contributed by atoms with Crippen molar-refractivity contribution in [3.05, 3.63) is 29.8 Å². The molecule has 4 N–H and O–H groups in total. The van der Waals surface area contributed by atoms with Gasteiger partial charge in [-0.2, -0.15) is 0 Å². The Hall–Kier alpha value is -2.48. The number of carbonyl (C=O) groups is 1. The molecule has 29 heavy (non-hydrogen) atoms. The lowest BCUT2D eigenvalue weighted by molar-refractivity contribution is 0.0529. The lowest BCUT2D eigenvalue weighted by atomic mass is 10.1. The van der Waals surface area contributed by atoms with Crippen molar-refractivity contribution in [3.63, 3.8) is 0 Å². The van der Waals surface area contributed by atoms with Gasteiger partial charge in [0, 0.05) is 19.6 Å². The number of guanidine groups is 1. The molecule has 0 bridgehead atoms. The van der Waals surface area contributed by atoms with Gasteiger partial charge >= 0.3 is 6.09 Å².